The number of amides is 3. The lowest BCUT2D eigenvalue weighted by Crippen LogP contribution is -2.51. The quantitative estimate of drug-likeness (QED) is 0.224. The van der Waals surface area contributed by atoms with E-state index in [4.69, 9.17) is 0 Å². The second-order valence-electron chi connectivity index (χ2n) is 10.9. The number of halogens is 2. The molecule has 0 aliphatic rings. The highest BCUT2D eigenvalue weighted by atomic mass is 19.1. The molecule has 0 aromatic heterocycles. The zero-order chi connectivity index (χ0) is 30.5. The van der Waals surface area contributed by atoms with Crippen LogP contribution in [0.4, 0.5) is 8.78 Å². The molecule has 0 radical (unpaired) electrons. The molecule has 0 aliphatic heterocycles. The maximum Gasteiger partial charge on any atom is 0.253 e. The summed E-state index contributed by atoms with van der Waals surface area (Å²) in [7, 11) is 0. The van der Waals surface area contributed by atoms with E-state index in [9.17, 15) is 28.3 Å². The Balaban J connectivity index is 2.24. The van der Waals surface area contributed by atoms with Crippen LogP contribution in [-0.4, -0.2) is 59.5 Å². The Morgan fingerprint density at radius 3 is 2.12 bits per heavy atom. The molecule has 2 aromatic rings. The standard InChI is InChI=1S/C31H44F2N4O4/c1-6-10-37(11-7-2)31(41)24-13-21(5)12-23(17-24)30(40)35-27(16-22-14-25(32)18-26(33)15-22)28(38)19-34-36-29(39)9-8-20(3)4/h12-15,17-18,20,27-28,34,38H,6-11,16,19H2,1-5H3,(H,35,40)(H,36,39)/t27-,28+/m0/s1. The molecule has 2 aromatic carbocycles. The molecule has 2 atom stereocenters. The third-order valence-corrected chi connectivity index (χ3v) is 6.51. The summed E-state index contributed by atoms with van der Waals surface area (Å²) in [5.74, 6) is -2.16. The van der Waals surface area contributed by atoms with E-state index in [1.165, 1.54) is 6.07 Å². The molecule has 0 aliphatic carbocycles. The number of aliphatic hydroxyl groups excluding tert-OH is 1. The van der Waals surface area contributed by atoms with E-state index in [2.05, 4.69) is 16.2 Å². The van der Waals surface area contributed by atoms with E-state index in [0.29, 0.717) is 43.0 Å². The molecular weight excluding hydrogens is 530 g/mol. The zero-order valence-electron chi connectivity index (χ0n) is 24.7. The molecule has 3 amide bonds. The predicted octanol–water partition coefficient (Wildman–Crippen LogP) is 4.29. The van der Waals surface area contributed by atoms with Crippen molar-refractivity contribution >= 4 is 17.7 Å². The first kappa shape index (κ1) is 33.8. The van der Waals surface area contributed by atoms with Crippen LogP contribution in [0, 0.1) is 24.5 Å². The minimum atomic E-state index is -1.23. The van der Waals surface area contributed by atoms with Crippen molar-refractivity contribution in [1.82, 2.24) is 21.1 Å². The minimum Gasteiger partial charge on any atom is -0.390 e. The van der Waals surface area contributed by atoms with Crippen molar-refractivity contribution < 1.29 is 28.3 Å². The number of nitrogens with zero attached hydrogens (tertiary/aromatic N) is 1. The van der Waals surface area contributed by atoms with Gasteiger partial charge in [0, 0.05) is 43.2 Å². The highest BCUT2D eigenvalue weighted by Gasteiger charge is 2.24. The Kier molecular flexibility index (Phi) is 13.9. The SMILES string of the molecule is CCCN(CCC)C(=O)c1cc(C)cc(C(=O)N[C@@H](Cc2cc(F)cc(F)c2)[C@H](O)CNNC(=O)CCC(C)C)c1. The fourth-order valence-electron chi connectivity index (χ4n) is 4.47. The van der Waals surface area contributed by atoms with Crippen LogP contribution in [-0.2, 0) is 11.2 Å². The monoisotopic (exact) mass is 574 g/mol. The minimum absolute atomic E-state index is 0.0804. The number of nitrogens with one attached hydrogen (secondary N) is 3. The van der Waals surface area contributed by atoms with Crippen LogP contribution in [0.2, 0.25) is 0 Å². The van der Waals surface area contributed by atoms with Gasteiger partial charge in [-0.25, -0.2) is 14.2 Å². The van der Waals surface area contributed by atoms with Gasteiger partial charge < -0.3 is 15.3 Å². The fraction of sp³-hybridized carbons (Fsp3) is 0.516. The van der Waals surface area contributed by atoms with Gasteiger partial charge in [-0.2, -0.15) is 0 Å². The Morgan fingerprint density at radius 1 is 0.927 bits per heavy atom. The van der Waals surface area contributed by atoms with Crippen molar-refractivity contribution in [3.63, 3.8) is 0 Å². The van der Waals surface area contributed by atoms with Crippen LogP contribution in [0.5, 0.6) is 0 Å². The average molecular weight is 575 g/mol. The van der Waals surface area contributed by atoms with E-state index in [1.54, 1.807) is 24.0 Å². The topological polar surface area (TPSA) is 111 Å². The summed E-state index contributed by atoms with van der Waals surface area (Å²) in [6, 6.07) is 6.92. The fourth-order valence-corrected chi connectivity index (χ4v) is 4.47. The zero-order valence-corrected chi connectivity index (χ0v) is 24.7. The van der Waals surface area contributed by atoms with Crippen LogP contribution >= 0.6 is 0 Å². The third-order valence-electron chi connectivity index (χ3n) is 6.51. The van der Waals surface area contributed by atoms with Crippen molar-refractivity contribution in [3.05, 3.63) is 70.3 Å². The molecule has 41 heavy (non-hydrogen) atoms. The van der Waals surface area contributed by atoms with Crippen molar-refractivity contribution in [2.75, 3.05) is 19.6 Å². The summed E-state index contributed by atoms with van der Waals surface area (Å²) in [5.41, 5.74) is 6.76. The molecule has 0 fully saturated rings. The summed E-state index contributed by atoms with van der Waals surface area (Å²) in [5, 5.41) is 13.7. The van der Waals surface area contributed by atoms with E-state index in [0.717, 1.165) is 31.0 Å². The Bertz CT molecular complexity index is 1150. The summed E-state index contributed by atoms with van der Waals surface area (Å²) in [6.45, 7) is 10.9. The summed E-state index contributed by atoms with van der Waals surface area (Å²) in [4.78, 5) is 40.4. The molecule has 0 saturated carbocycles. The van der Waals surface area contributed by atoms with Gasteiger partial charge in [-0.05, 0) is 80.0 Å². The summed E-state index contributed by atoms with van der Waals surface area (Å²) >= 11 is 0. The van der Waals surface area contributed by atoms with Crippen LogP contribution in [0.25, 0.3) is 0 Å². The molecule has 0 bridgehead atoms. The number of carbonyl (C=O) groups excluding carboxylic acids is 3. The van der Waals surface area contributed by atoms with Gasteiger partial charge in [0.05, 0.1) is 12.1 Å². The lowest BCUT2D eigenvalue weighted by molar-refractivity contribution is -0.122. The normalized spacial score (nSPS) is 12.6. The average Bonchev–Trinajstić information content (AvgIpc) is 2.90. The number of carbonyl (C=O) groups is 3. The highest BCUT2D eigenvalue weighted by Crippen LogP contribution is 2.16. The smallest absolute Gasteiger partial charge is 0.253 e. The van der Waals surface area contributed by atoms with E-state index >= 15 is 0 Å². The van der Waals surface area contributed by atoms with Crippen molar-refractivity contribution in [2.24, 2.45) is 5.92 Å². The van der Waals surface area contributed by atoms with Gasteiger partial charge in [-0.15, -0.1) is 0 Å². The maximum absolute atomic E-state index is 13.9. The van der Waals surface area contributed by atoms with Gasteiger partial charge in [0.2, 0.25) is 5.91 Å². The summed E-state index contributed by atoms with van der Waals surface area (Å²) < 4.78 is 27.8. The van der Waals surface area contributed by atoms with Crippen LogP contribution < -0.4 is 16.2 Å². The lowest BCUT2D eigenvalue weighted by atomic mass is 9.99. The second-order valence-corrected chi connectivity index (χ2v) is 10.9. The Labute approximate surface area is 241 Å². The van der Waals surface area contributed by atoms with Gasteiger partial charge in [0.15, 0.2) is 0 Å². The van der Waals surface area contributed by atoms with Gasteiger partial charge in [0.1, 0.15) is 11.6 Å². The Morgan fingerprint density at radius 2 is 1.54 bits per heavy atom. The second kappa shape index (κ2) is 16.8. The number of hydrazine groups is 1. The highest BCUT2D eigenvalue weighted by molar-refractivity contribution is 6.00. The third kappa shape index (κ3) is 11.6. The molecule has 2 rings (SSSR count). The maximum atomic E-state index is 13.9. The van der Waals surface area contributed by atoms with Gasteiger partial charge in [-0.3, -0.25) is 19.8 Å². The number of aliphatic hydroxyl groups is 1. The number of rotatable bonds is 16. The lowest BCUT2D eigenvalue weighted by Gasteiger charge is -2.25. The number of hydrogen-bond donors (Lipinski definition) is 4. The number of hydrogen-bond acceptors (Lipinski definition) is 5. The first-order valence-corrected chi connectivity index (χ1v) is 14.3. The van der Waals surface area contributed by atoms with Gasteiger partial charge in [0.25, 0.3) is 11.8 Å². The molecule has 0 heterocycles. The predicted molar refractivity (Wildman–Crippen MR) is 155 cm³/mol. The largest absolute Gasteiger partial charge is 0.390 e. The molecule has 4 N–H and O–H groups in total. The van der Waals surface area contributed by atoms with Crippen LogP contribution in [0.3, 0.4) is 0 Å². The molecule has 0 unspecified atom stereocenters. The molecule has 226 valence electrons. The molecule has 0 saturated heterocycles. The van der Waals surface area contributed by atoms with Gasteiger partial charge in [-0.1, -0.05) is 27.7 Å². The molecular formula is C31H44F2N4O4. The van der Waals surface area contributed by atoms with E-state index < -0.39 is 29.7 Å². The number of aryl methyl sites for hydroxylation is 1. The first-order valence-electron chi connectivity index (χ1n) is 14.3. The van der Waals surface area contributed by atoms with Crippen LogP contribution in [0.1, 0.15) is 85.2 Å². The molecule has 10 heteroatoms. The van der Waals surface area contributed by atoms with Gasteiger partial charge >= 0.3 is 0 Å². The first-order chi connectivity index (χ1) is 19.4. The van der Waals surface area contributed by atoms with Crippen molar-refractivity contribution in [3.8, 4) is 0 Å². The van der Waals surface area contributed by atoms with Crippen molar-refractivity contribution in [2.45, 2.75) is 78.9 Å². The van der Waals surface area contributed by atoms with Crippen LogP contribution in [0.15, 0.2) is 36.4 Å². The Hall–Kier alpha value is -3.37. The van der Waals surface area contributed by atoms with E-state index in [-0.39, 0.29) is 35.9 Å². The van der Waals surface area contributed by atoms with Crippen molar-refractivity contribution in [1.29, 1.82) is 0 Å². The molecule has 0 spiro atoms. The summed E-state index contributed by atoms with van der Waals surface area (Å²) in [6.07, 6.45) is 1.31. The van der Waals surface area contributed by atoms with E-state index in [1.807, 2.05) is 27.7 Å². The molecule has 8 nitrogen and oxygen atoms in total. The number of benzene rings is 2.